The summed E-state index contributed by atoms with van der Waals surface area (Å²) in [5.74, 6) is 0.692. The van der Waals surface area contributed by atoms with Gasteiger partial charge in [-0.1, -0.05) is 20.8 Å². The van der Waals surface area contributed by atoms with E-state index in [1.54, 1.807) is 6.26 Å². The first kappa shape index (κ1) is 15.7. The standard InChI is InChI=1S/C14H24N2O3/c1-14(2,3)12(15)13(17)16-7-5-8-18-10-11-6-4-9-19-11/h4,6,9,12H,5,7-8,10,15H2,1-3H3,(H,16,17)/t12-/m1/s1. The van der Waals surface area contributed by atoms with Crippen LogP contribution in [-0.2, 0) is 16.1 Å². The lowest BCUT2D eigenvalue weighted by molar-refractivity contribution is -0.124. The van der Waals surface area contributed by atoms with E-state index in [0.717, 1.165) is 12.2 Å². The van der Waals surface area contributed by atoms with Crippen molar-refractivity contribution in [2.75, 3.05) is 13.2 Å². The van der Waals surface area contributed by atoms with Crippen molar-refractivity contribution in [3.63, 3.8) is 0 Å². The van der Waals surface area contributed by atoms with Gasteiger partial charge >= 0.3 is 0 Å². The van der Waals surface area contributed by atoms with Crippen molar-refractivity contribution in [3.8, 4) is 0 Å². The summed E-state index contributed by atoms with van der Waals surface area (Å²) < 4.78 is 10.5. The van der Waals surface area contributed by atoms with E-state index in [9.17, 15) is 4.79 Å². The molecule has 0 radical (unpaired) electrons. The van der Waals surface area contributed by atoms with Crippen molar-refractivity contribution in [1.29, 1.82) is 0 Å². The van der Waals surface area contributed by atoms with E-state index in [0.29, 0.717) is 19.8 Å². The van der Waals surface area contributed by atoms with Crippen LogP contribution in [0.15, 0.2) is 22.8 Å². The Kier molecular flexibility index (Phi) is 6.05. The molecule has 0 unspecified atom stereocenters. The number of hydrogen-bond donors (Lipinski definition) is 2. The van der Waals surface area contributed by atoms with Gasteiger partial charge in [0.1, 0.15) is 12.4 Å². The minimum absolute atomic E-state index is 0.112. The lowest BCUT2D eigenvalue weighted by Gasteiger charge is -2.25. The van der Waals surface area contributed by atoms with Crippen LogP contribution < -0.4 is 11.1 Å². The Hall–Kier alpha value is -1.33. The van der Waals surface area contributed by atoms with E-state index >= 15 is 0 Å². The van der Waals surface area contributed by atoms with E-state index in [2.05, 4.69) is 5.32 Å². The fourth-order valence-corrected chi connectivity index (χ4v) is 1.46. The van der Waals surface area contributed by atoms with Gasteiger partial charge in [0, 0.05) is 13.2 Å². The Balaban J connectivity index is 2.06. The molecule has 0 fully saturated rings. The topological polar surface area (TPSA) is 77.5 Å². The fourth-order valence-electron chi connectivity index (χ4n) is 1.46. The Morgan fingerprint density at radius 3 is 2.84 bits per heavy atom. The third-order valence-electron chi connectivity index (χ3n) is 2.80. The molecule has 0 aromatic carbocycles. The molecule has 5 nitrogen and oxygen atoms in total. The maximum atomic E-state index is 11.7. The number of carbonyl (C=O) groups excluding carboxylic acids is 1. The molecule has 1 atom stereocenters. The highest BCUT2D eigenvalue weighted by Crippen LogP contribution is 2.16. The van der Waals surface area contributed by atoms with Gasteiger partial charge in [-0.2, -0.15) is 0 Å². The van der Waals surface area contributed by atoms with Crippen LogP contribution in [-0.4, -0.2) is 25.1 Å². The molecule has 0 aliphatic heterocycles. The summed E-state index contributed by atoms with van der Waals surface area (Å²) >= 11 is 0. The summed E-state index contributed by atoms with van der Waals surface area (Å²) in [6.07, 6.45) is 2.37. The van der Waals surface area contributed by atoms with Crippen LogP contribution in [0.2, 0.25) is 0 Å². The molecule has 3 N–H and O–H groups in total. The van der Waals surface area contributed by atoms with Crippen LogP contribution in [0.5, 0.6) is 0 Å². The minimum Gasteiger partial charge on any atom is -0.467 e. The Labute approximate surface area is 114 Å². The molecular formula is C14H24N2O3. The van der Waals surface area contributed by atoms with Crippen LogP contribution in [0.1, 0.15) is 33.0 Å². The van der Waals surface area contributed by atoms with Crippen molar-refractivity contribution in [2.24, 2.45) is 11.1 Å². The van der Waals surface area contributed by atoms with E-state index in [1.165, 1.54) is 0 Å². The van der Waals surface area contributed by atoms with Crippen molar-refractivity contribution in [1.82, 2.24) is 5.32 Å². The second kappa shape index (κ2) is 7.31. The van der Waals surface area contributed by atoms with Crippen LogP contribution in [0.25, 0.3) is 0 Å². The van der Waals surface area contributed by atoms with Crippen molar-refractivity contribution >= 4 is 5.91 Å². The van der Waals surface area contributed by atoms with Crippen LogP contribution in [0.4, 0.5) is 0 Å². The molecule has 0 saturated heterocycles. The monoisotopic (exact) mass is 268 g/mol. The molecule has 19 heavy (non-hydrogen) atoms. The Bertz CT molecular complexity index is 369. The van der Waals surface area contributed by atoms with E-state index in [1.807, 2.05) is 32.9 Å². The van der Waals surface area contributed by atoms with Gasteiger partial charge < -0.3 is 20.2 Å². The molecule has 108 valence electrons. The second-order valence-corrected chi connectivity index (χ2v) is 5.62. The quantitative estimate of drug-likeness (QED) is 0.737. The zero-order valence-corrected chi connectivity index (χ0v) is 11.9. The molecule has 1 rings (SSSR count). The average molecular weight is 268 g/mol. The first-order chi connectivity index (χ1) is 8.91. The zero-order valence-electron chi connectivity index (χ0n) is 11.9. The third-order valence-corrected chi connectivity index (χ3v) is 2.80. The highest BCUT2D eigenvalue weighted by atomic mass is 16.5. The van der Waals surface area contributed by atoms with Gasteiger partial charge in [0.2, 0.25) is 5.91 Å². The van der Waals surface area contributed by atoms with Crippen LogP contribution >= 0.6 is 0 Å². The zero-order chi connectivity index (χ0) is 14.3. The largest absolute Gasteiger partial charge is 0.467 e. The van der Waals surface area contributed by atoms with Crippen molar-refractivity contribution in [3.05, 3.63) is 24.2 Å². The molecule has 0 bridgehead atoms. The number of hydrogen-bond acceptors (Lipinski definition) is 4. The Morgan fingerprint density at radius 1 is 1.53 bits per heavy atom. The first-order valence-corrected chi connectivity index (χ1v) is 6.54. The molecule has 1 aromatic heterocycles. The molecule has 0 aliphatic carbocycles. The summed E-state index contributed by atoms with van der Waals surface area (Å²) in [5, 5.41) is 2.82. The Morgan fingerprint density at radius 2 is 2.26 bits per heavy atom. The third kappa shape index (κ3) is 5.89. The van der Waals surface area contributed by atoms with Gasteiger partial charge in [0.05, 0.1) is 12.3 Å². The fraction of sp³-hybridized carbons (Fsp3) is 0.643. The maximum Gasteiger partial charge on any atom is 0.237 e. The highest BCUT2D eigenvalue weighted by Gasteiger charge is 2.26. The SMILES string of the molecule is CC(C)(C)[C@H](N)C(=O)NCCCOCc1ccco1. The summed E-state index contributed by atoms with van der Waals surface area (Å²) in [6.45, 7) is 7.45. The van der Waals surface area contributed by atoms with Crippen molar-refractivity contribution in [2.45, 2.75) is 39.8 Å². The molecule has 0 aliphatic rings. The smallest absolute Gasteiger partial charge is 0.237 e. The van der Waals surface area contributed by atoms with Crippen LogP contribution in [0.3, 0.4) is 0 Å². The van der Waals surface area contributed by atoms with E-state index < -0.39 is 6.04 Å². The molecular weight excluding hydrogens is 244 g/mol. The van der Waals surface area contributed by atoms with Crippen LogP contribution in [0, 0.1) is 5.41 Å². The number of carbonyl (C=O) groups is 1. The van der Waals surface area contributed by atoms with E-state index in [-0.39, 0.29) is 11.3 Å². The summed E-state index contributed by atoms with van der Waals surface area (Å²) in [4.78, 5) is 11.7. The predicted octanol–water partition coefficient (Wildman–Crippen LogP) is 1.68. The van der Waals surface area contributed by atoms with Gasteiger partial charge in [-0.15, -0.1) is 0 Å². The number of nitrogens with two attached hydrogens (primary N) is 1. The highest BCUT2D eigenvalue weighted by molar-refractivity contribution is 5.82. The number of nitrogens with one attached hydrogen (secondary N) is 1. The molecule has 1 heterocycles. The molecule has 1 aromatic rings. The number of rotatable bonds is 7. The predicted molar refractivity (Wildman–Crippen MR) is 73.4 cm³/mol. The second-order valence-electron chi connectivity index (χ2n) is 5.62. The van der Waals surface area contributed by atoms with Gasteiger partial charge in [-0.3, -0.25) is 4.79 Å². The van der Waals surface area contributed by atoms with Gasteiger partial charge in [0.15, 0.2) is 0 Å². The van der Waals surface area contributed by atoms with Gasteiger partial charge in [0.25, 0.3) is 0 Å². The minimum atomic E-state index is -0.489. The normalized spacial score (nSPS) is 13.3. The number of ether oxygens (including phenoxy) is 1. The number of amides is 1. The maximum absolute atomic E-state index is 11.7. The van der Waals surface area contributed by atoms with Crippen molar-refractivity contribution < 1.29 is 13.9 Å². The first-order valence-electron chi connectivity index (χ1n) is 6.54. The molecule has 0 spiro atoms. The molecule has 5 heteroatoms. The lowest BCUT2D eigenvalue weighted by Crippen LogP contribution is -2.48. The molecule has 1 amide bonds. The van der Waals surface area contributed by atoms with Gasteiger partial charge in [-0.05, 0) is 24.0 Å². The summed E-state index contributed by atoms with van der Waals surface area (Å²) in [7, 11) is 0. The summed E-state index contributed by atoms with van der Waals surface area (Å²) in [6, 6.07) is 3.20. The number of furan rings is 1. The lowest BCUT2D eigenvalue weighted by atomic mass is 9.87. The van der Waals surface area contributed by atoms with E-state index in [4.69, 9.17) is 14.9 Å². The average Bonchev–Trinajstić information content (AvgIpc) is 2.84. The van der Waals surface area contributed by atoms with Gasteiger partial charge in [-0.25, -0.2) is 0 Å². The summed E-state index contributed by atoms with van der Waals surface area (Å²) in [5.41, 5.74) is 5.62. The molecule has 0 saturated carbocycles.